The van der Waals surface area contributed by atoms with Crippen LogP contribution in [0.2, 0.25) is 0 Å². The Morgan fingerprint density at radius 3 is 2.87 bits per heavy atom. The molecule has 1 aromatic rings. The largest absolute Gasteiger partial charge is 0.354 e. The fourth-order valence-corrected chi connectivity index (χ4v) is 1.86. The van der Waals surface area contributed by atoms with Crippen LogP contribution >= 0.6 is 27.3 Å². The zero-order valence-electron chi connectivity index (χ0n) is 9.08. The number of carbonyl (C=O) groups is 1. The van der Waals surface area contributed by atoms with Crippen LogP contribution in [0, 0.1) is 0 Å². The Morgan fingerprint density at radius 1 is 1.73 bits per heavy atom. The molecule has 0 saturated carbocycles. The Bertz CT molecular complexity index is 319. The van der Waals surface area contributed by atoms with Crippen LogP contribution in [0.5, 0.6) is 0 Å². The van der Waals surface area contributed by atoms with Crippen LogP contribution < -0.4 is 5.32 Å². The molecule has 0 aromatic carbocycles. The molecule has 1 rings (SSSR count). The number of hydrogen-bond donors (Lipinski definition) is 1. The van der Waals surface area contributed by atoms with E-state index in [9.17, 15) is 4.79 Å². The average molecular weight is 291 g/mol. The highest BCUT2D eigenvalue weighted by Crippen LogP contribution is 2.18. The SMILES string of the molecule is CC(CNC(=O)C(C)(C)Br)c1nccs1. The second kappa shape index (κ2) is 5.07. The van der Waals surface area contributed by atoms with Crippen molar-refractivity contribution in [1.82, 2.24) is 10.3 Å². The molecule has 0 aliphatic heterocycles. The minimum Gasteiger partial charge on any atom is -0.354 e. The summed E-state index contributed by atoms with van der Waals surface area (Å²) >= 11 is 4.93. The van der Waals surface area contributed by atoms with E-state index in [4.69, 9.17) is 0 Å². The van der Waals surface area contributed by atoms with E-state index in [1.807, 2.05) is 19.2 Å². The summed E-state index contributed by atoms with van der Waals surface area (Å²) in [5.74, 6) is 0.273. The van der Waals surface area contributed by atoms with E-state index in [2.05, 4.69) is 33.2 Å². The predicted molar refractivity (Wildman–Crippen MR) is 66.5 cm³/mol. The molecule has 1 heterocycles. The number of nitrogens with zero attached hydrogens (tertiary/aromatic N) is 1. The van der Waals surface area contributed by atoms with Crippen molar-refractivity contribution in [3.63, 3.8) is 0 Å². The Hall–Kier alpha value is -0.420. The molecule has 1 atom stereocenters. The van der Waals surface area contributed by atoms with Crippen LogP contribution in [0.1, 0.15) is 31.7 Å². The van der Waals surface area contributed by atoms with Crippen molar-refractivity contribution < 1.29 is 4.79 Å². The summed E-state index contributed by atoms with van der Waals surface area (Å²) in [6.07, 6.45) is 1.78. The summed E-state index contributed by atoms with van der Waals surface area (Å²) in [4.78, 5) is 15.8. The number of alkyl halides is 1. The van der Waals surface area contributed by atoms with Crippen LogP contribution in [0.15, 0.2) is 11.6 Å². The van der Waals surface area contributed by atoms with Gasteiger partial charge in [-0.3, -0.25) is 4.79 Å². The number of halogens is 1. The van der Waals surface area contributed by atoms with Gasteiger partial charge in [-0.05, 0) is 13.8 Å². The van der Waals surface area contributed by atoms with Crippen LogP contribution in [0.25, 0.3) is 0 Å². The lowest BCUT2D eigenvalue weighted by atomic mass is 10.1. The van der Waals surface area contributed by atoms with Crippen LogP contribution in [-0.4, -0.2) is 21.8 Å². The maximum Gasteiger partial charge on any atom is 0.236 e. The molecule has 15 heavy (non-hydrogen) atoms. The first-order valence-electron chi connectivity index (χ1n) is 4.78. The lowest BCUT2D eigenvalue weighted by Gasteiger charge is -2.17. The highest BCUT2D eigenvalue weighted by Gasteiger charge is 2.23. The molecule has 0 saturated heterocycles. The number of carbonyl (C=O) groups excluding carboxylic acids is 1. The van der Waals surface area contributed by atoms with Gasteiger partial charge in [-0.1, -0.05) is 22.9 Å². The third-order valence-corrected chi connectivity index (χ3v) is 3.35. The second-order valence-corrected chi connectivity index (χ2v) is 6.86. The molecule has 0 spiro atoms. The smallest absolute Gasteiger partial charge is 0.236 e. The van der Waals surface area contributed by atoms with Gasteiger partial charge in [0.25, 0.3) is 0 Å². The molecule has 0 fully saturated rings. The number of hydrogen-bond acceptors (Lipinski definition) is 3. The van der Waals surface area contributed by atoms with Gasteiger partial charge < -0.3 is 5.32 Å². The van der Waals surface area contributed by atoms with Gasteiger partial charge in [-0.25, -0.2) is 4.98 Å². The summed E-state index contributed by atoms with van der Waals surface area (Å²) in [5, 5.41) is 5.90. The minimum absolute atomic E-state index is 0.00547. The molecular weight excluding hydrogens is 276 g/mol. The van der Waals surface area contributed by atoms with E-state index in [0.29, 0.717) is 6.54 Å². The number of thiazole rings is 1. The molecule has 1 unspecified atom stereocenters. The van der Waals surface area contributed by atoms with Crippen LogP contribution in [-0.2, 0) is 4.79 Å². The van der Waals surface area contributed by atoms with E-state index >= 15 is 0 Å². The van der Waals surface area contributed by atoms with E-state index in [1.165, 1.54) is 0 Å². The molecule has 5 heteroatoms. The van der Waals surface area contributed by atoms with Gasteiger partial charge >= 0.3 is 0 Å². The minimum atomic E-state index is -0.504. The molecular formula is C10H15BrN2OS. The third kappa shape index (κ3) is 3.91. The Kier molecular flexibility index (Phi) is 4.28. The van der Waals surface area contributed by atoms with Crippen molar-refractivity contribution >= 4 is 33.2 Å². The van der Waals surface area contributed by atoms with E-state index in [-0.39, 0.29) is 11.8 Å². The van der Waals surface area contributed by atoms with Gasteiger partial charge in [0.15, 0.2) is 0 Å². The summed E-state index contributed by atoms with van der Waals surface area (Å²) in [6, 6.07) is 0. The van der Waals surface area contributed by atoms with Gasteiger partial charge in [0, 0.05) is 24.0 Å². The van der Waals surface area contributed by atoms with E-state index in [0.717, 1.165) is 5.01 Å². The van der Waals surface area contributed by atoms with Crippen molar-refractivity contribution in [3.8, 4) is 0 Å². The van der Waals surface area contributed by atoms with E-state index in [1.54, 1.807) is 17.5 Å². The van der Waals surface area contributed by atoms with Gasteiger partial charge in [0.2, 0.25) is 5.91 Å². The number of nitrogens with one attached hydrogen (secondary N) is 1. The van der Waals surface area contributed by atoms with Gasteiger partial charge in [-0.15, -0.1) is 11.3 Å². The van der Waals surface area contributed by atoms with Gasteiger partial charge in [-0.2, -0.15) is 0 Å². The molecule has 1 amide bonds. The monoisotopic (exact) mass is 290 g/mol. The topological polar surface area (TPSA) is 42.0 Å². The molecule has 1 N–H and O–H groups in total. The van der Waals surface area contributed by atoms with Gasteiger partial charge in [0.05, 0.1) is 9.33 Å². The standard InChI is InChI=1S/C10H15BrN2OS/c1-7(8-12-4-5-15-8)6-13-9(14)10(2,3)11/h4-5,7H,6H2,1-3H3,(H,13,14). The zero-order valence-corrected chi connectivity index (χ0v) is 11.5. The van der Waals surface area contributed by atoms with Gasteiger partial charge in [0.1, 0.15) is 0 Å². The Morgan fingerprint density at radius 2 is 2.40 bits per heavy atom. The molecule has 0 aliphatic carbocycles. The first-order chi connectivity index (χ1) is 6.91. The van der Waals surface area contributed by atoms with Crippen molar-refractivity contribution in [2.24, 2.45) is 0 Å². The number of aromatic nitrogens is 1. The third-order valence-electron chi connectivity index (χ3n) is 1.98. The molecule has 3 nitrogen and oxygen atoms in total. The van der Waals surface area contributed by atoms with Crippen molar-refractivity contribution in [2.45, 2.75) is 31.0 Å². The Labute approximate surface area is 102 Å². The highest BCUT2D eigenvalue weighted by molar-refractivity contribution is 9.10. The van der Waals surface area contributed by atoms with E-state index < -0.39 is 4.32 Å². The summed E-state index contributed by atoms with van der Waals surface area (Å²) in [6.45, 7) is 6.34. The summed E-state index contributed by atoms with van der Waals surface area (Å²) < 4.78 is -0.504. The number of amides is 1. The molecule has 0 aliphatic rings. The maximum atomic E-state index is 11.6. The average Bonchev–Trinajstić information content (AvgIpc) is 2.64. The normalized spacial score (nSPS) is 13.6. The molecule has 1 aromatic heterocycles. The van der Waals surface area contributed by atoms with Crippen molar-refractivity contribution in [3.05, 3.63) is 16.6 Å². The Balaban J connectivity index is 2.42. The molecule has 84 valence electrons. The first kappa shape index (κ1) is 12.6. The fraction of sp³-hybridized carbons (Fsp3) is 0.600. The molecule has 0 bridgehead atoms. The molecule has 0 radical (unpaired) electrons. The summed E-state index contributed by atoms with van der Waals surface area (Å²) in [5.41, 5.74) is 0. The van der Waals surface area contributed by atoms with Crippen molar-refractivity contribution in [1.29, 1.82) is 0 Å². The second-order valence-electron chi connectivity index (χ2n) is 3.95. The van der Waals surface area contributed by atoms with Crippen LogP contribution in [0.4, 0.5) is 0 Å². The zero-order chi connectivity index (χ0) is 11.5. The fourth-order valence-electron chi connectivity index (χ4n) is 1.02. The maximum absolute atomic E-state index is 11.6. The first-order valence-corrected chi connectivity index (χ1v) is 6.45. The van der Waals surface area contributed by atoms with Crippen LogP contribution in [0.3, 0.4) is 0 Å². The predicted octanol–water partition coefficient (Wildman–Crippen LogP) is 2.54. The summed E-state index contributed by atoms with van der Waals surface area (Å²) in [7, 11) is 0. The quantitative estimate of drug-likeness (QED) is 0.866. The lowest BCUT2D eigenvalue weighted by molar-refractivity contribution is -0.122. The van der Waals surface area contributed by atoms with Crippen molar-refractivity contribution in [2.75, 3.05) is 6.54 Å². The highest BCUT2D eigenvalue weighted by atomic mass is 79.9. The lowest BCUT2D eigenvalue weighted by Crippen LogP contribution is -2.39. The number of rotatable bonds is 4.